The quantitative estimate of drug-likeness (QED) is 0.752. The molecular formula is C11H18N2O3S. The predicted molar refractivity (Wildman–Crippen MR) is 65.4 cm³/mol. The van der Waals surface area contributed by atoms with Crippen molar-refractivity contribution in [1.82, 2.24) is 5.01 Å². The van der Waals surface area contributed by atoms with Crippen molar-refractivity contribution in [3.8, 4) is 0 Å². The fourth-order valence-electron chi connectivity index (χ4n) is 2.34. The zero-order valence-corrected chi connectivity index (χ0v) is 11.0. The molecule has 0 aromatic rings. The molecule has 0 bridgehead atoms. The van der Waals surface area contributed by atoms with Crippen molar-refractivity contribution in [3.05, 3.63) is 0 Å². The van der Waals surface area contributed by atoms with Crippen molar-refractivity contribution in [2.45, 2.75) is 39.2 Å². The van der Waals surface area contributed by atoms with Gasteiger partial charge in [0.1, 0.15) is 0 Å². The van der Waals surface area contributed by atoms with Gasteiger partial charge in [-0.25, -0.2) is 13.4 Å². The Morgan fingerprint density at radius 2 is 2.18 bits per heavy atom. The van der Waals surface area contributed by atoms with Crippen molar-refractivity contribution in [2.75, 3.05) is 11.5 Å². The molecule has 1 unspecified atom stereocenters. The van der Waals surface area contributed by atoms with Crippen LogP contribution in [0.5, 0.6) is 0 Å². The lowest BCUT2D eigenvalue weighted by atomic mass is 10.1. The Balaban J connectivity index is 2.07. The van der Waals surface area contributed by atoms with Crippen LogP contribution < -0.4 is 0 Å². The molecule has 2 aliphatic heterocycles. The van der Waals surface area contributed by atoms with E-state index >= 15 is 0 Å². The van der Waals surface area contributed by atoms with Crippen LogP contribution in [0.3, 0.4) is 0 Å². The minimum absolute atomic E-state index is 0.0530. The number of rotatable bonds is 3. The second kappa shape index (κ2) is 4.40. The van der Waals surface area contributed by atoms with Crippen LogP contribution in [0.1, 0.15) is 33.1 Å². The van der Waals surface area contributed by atoms with E-state index in [0.717, 1.165) is 12.1 Å². The van der Waals surface area contributed by atoms with Crippen LogP contribution in [0.2, 0.25) is 0 Å². The van der Waals surface area contributed by atoms with Gasteiger partial charge in [-0.3, -0.25) is 4.79 Å². The van der Waals surface area contributed by atoms with Gasteiger partial charge in [-0.1, -0.05) is 13.8 Å². The largest absolute Gasteiger partial charge is 0.273 e. The average Bonchev–Trinajstić information content (AvgIpc) is 2.68. The average molecular weight is 258 g/mol. The summed E-state index contributed by atoms with van der Waals surface area (Å²) in [6.07, 6.45) is 1.68. The molecule has 17 heavy (non-hydrogen) atoms. The summed E-state index contributed by atoms with van der Waals surface area (Å²) < 4.78 is 22.8. The number of hydrogen-bond donors (Lipinski definition) is 0. The van der Waals surface area contributed by atoms with Gasteiger partial charge in [0.2, 0.25) is 5.91 Å². The fourth-order valence-corrected chi connectivity index (χ4v) is 4.03. The summed E-state index contributed by atoms with van der Waals surface area (Å²) >= 11 is 0. The zero-order chi connectivity index (χ0) is 12.6. The topological polar surface area (TPSA) is 66.8 Å². The standard InChI is InChI=1S/C11H18N2O3S/c1-8(2)5-9-6-11(14)13(12-9)10-3-4-17(15,16)7-10/h8,10H,3-7H2,1-2H3. The molecule has 1 amide bonds. The SMILES string of the molecule is CC(C)CC1=NN(C2CCS(=O)(=O)C2)C(=O)C1. The van der Waals surface area contributed by atoms with E-state index in [2.05, 4.69) is 18.9 Å². The van der Waals surface area contributed by atoms with Crippen LogP contribution in [0.4, 0.5) is 0 Å². The molecule has 6 heteroatoms. The number of amides is 1. The minimum atomic E-state index is -2.96. The first-order chi connectivity index (χ1) is 7.87. The number of sulfone groups is 1. The number of nitrogens with zero attached hydrogens (tertiary/aromatic N) is 2. The summed E-state index contributed by atoms with van der Waals surface area (Å²) in [5.74, 6) is 0.657. The van der Waals surface area contributed by atoms with Crippen molar-refractivity contribution >= 4 is 21.5 Å². The molecule has 0 radical (unpaired) electrons. The Hall–Kier alpha value is -0.910. The molecule has 0 aliphatic carbocycles. The van der Waals surface area contributed by atoms with Gasteiger partial charge >= 0.3 is 0 Å². The van der Waals surface area contributed by atoms with Gasteiger partial charge in [0, 0.05) is 5.71 Å². The van der Waals surface area contributed by atoms with Gasteiger partial charge in [-0.15, -0.1) is 0 Å². The zero-order valence-electron chi connectivity index (χ0n) is 10.2. The second-order valence-electron chi connectivity index (χ2n) is 5.24. The highest BCUT2D eigenvalue weighted by Crippen LogP contribution is 2.23. The molecule has 2 rings (SSSR count). The first-order valence-corrected chi connectivity index (χ1v) is 7.78. The monoisotopic (exact) mass is 258 g/mol. The lowest BCUT2D eigenvalue weighted by Gasteiger charge is -2.17. The molecule has 2 aliphatic rings. The van der Waals surface area contributed by atoms with Crippen molar-refractivity contribution in [1.29, 1.82) is 0 Å². The van der Waals surface area contributed by atoms with Crippen LogP contribution >= 0.6 is 0 Å². The Kier molecular flexibility index (Phi) is 3.25. The Morgan fingerprint density at radius 3 is 2.71 bits per heavy atom. The number of carbonyl (C=O) groups excluding carboxylic acids is 1. The van der Waals surface area contributed by atoms with Gasteiger partial charge < -0.3 is 0 Å². The first-order valence-electron chi connectivity index (χ1n) is 5.96. The second-order valence-corrected chi connectivity index (χ2v) is 7.46. The molecule has 96 valence electrons. The molecular weight excluding hydrogens is 240 g/mol. The van der Waals surface area contributed by atoms with Crippen LogP contribution in [0, 0.1) is 5.92 Å². The minimum Gasteiger partial charge on any atom is -0.273 e. The lowest BCUT2D eigenvalue weighted by Crippen LogP contribution is -2.33. The third-order valence-electron chi connectivity index (χ3n) is 3.06. The highest BCUT2D eigenvalue weighted by Gasteiger charge is 2.37. The van der Waals surface area contributed by atoms with E-state index in [-0.39, 0.29) is 23.5 Å². The third-order valence-corrected chi connectivity index (χ3v) is 4.81. The van der Waals surface area contributed by atoms with Gasteiger partial charge in [0.25, 0.3) is 0 Å². The smallest absolute Gasteiger partial charge is 0.248 e. The maximum Gasteiger partial charge on any atom is 0.248 e. The normalized spacial score (nSPS) is 27.9. The van der Waals surface area contributed by atoms with Gasteiger partial charge in [0.05, 0.1) is 24.0 Å². The Labute approximate surface area is 102 Å². The maximum atomic E-state index is 11.8. The van der Waals surface area contributed by atoms with E-state index in [1.807, 2.05) is 0 Å². The highest BCUT2D eigenvalue weighted by atomic mass is 32.2. The van der Waals surface area contributed by atoms with Crippen LogP contribution in [0.15, 0.2) is 5.10 Å². The molecule has 0 saturated carbocycles. The molecule has 5 nitrogen and oxygen atoms in total. The van der Waals surface area contributed by atoms with Crippen LogP contribution in [0.25, 0.3) is 0 Å². The number of hydrazone groups is 1. The molecule has 0 spiro atoms. The first kappa shape index (κ1) is 12.5. The number of carbonyl (C=O) groups is 1. The lowest BCUT2D eigenvalue weighted by molar-refractivity contribution is -0.130. The van der Waals surface area contributed by atoms with Crippen molar-refractivity contribution < 1.29 is 13.2 Å². The Morgan fingerprint density at radius 1 is 1.47 bits per heavy atom. The summed E-state index contributed by atoms with van der Waals surface area (Å²) in [4.78, 5) is 11.8. The predicted octanol–water partition coefficient (Wildman–Crippen LogP) is 0.808. The molecule has 0 aromatic heterocycles. The number of hydrogen-bond acceptors (Lipinski definition) is 4. The summed E-state index contributed by atoms with van der Waals surface area (Å²) in [5.41, 5.74) is 0.884. The Bertz CT molecular complexity index is 453. The highest BCUT2D eigenvalue weighted by molar-refractivity contribution is 7.91. The van der Waals surface area contributed by atoms with Gasteiger partial charge in [0.15, 0.2) is 9.84 Å². The summed E-state index contributed by atoms with van der Waals surface area (Å²) in [6.45, 7) is 4.16. The van der Waals surface area contributed by atoms with Crippen LogP contribution in [-0.2, 0) is 14.6 Å². The fraction of sp³-hybridized carbons (Fsp3) is 0.818. The van der Waals surface area contributed by atoms with Crippen molar-refractivity contribution in [3.63, 3.8) is 0 Å². The van der Waals surface area contributed by atoms with Gasteiger partial charge in [-0.05, 0) is 18.8 Å². The van der Waals surface area contributed by atoms with E-state index in [1.54, 1.807) is 0 Å². The molecule has 1 atom stereocenters. The molecule has 1 saturated heterocycles. The summed E-state index contributed by atoms with van der Waals surface area (Å²) in [7, 11) is -2.96. The van der Waals surface area contributed by atoms with Gasteiger partial charge in [-0.2, -0.15) is 5.10 Å². The molecule has 0 aromatic carbocycles. The van der Waals surface area contributed by atoms with Crippen LogP contribution in [-0.4, -0.2) is 42.6 Å². The third kappa shape index (κ3) is 2.86. The molecule has 2 heterocycles. The van der Waals surface area contributed by atoms with Crippen molar-refractivity contribution in [2.24, 2.45) is 11.0 Å². The van der Waals surface area contributed by atoms with E-state index in [9.17, 15) is 13.2 Å². The molecule has 1 fully saturated rings. The van der Waals surface area contributed by atoms with E-state index in [0.29, 0.717) is 18.8 Å². The summed E-state index contributed by atoms with van der Waals surface area (Å²) in [6, 6.07) is -0.239. The molecule has 0 N–H and O–H groups in total. The van der Waals surface area contributed by atoms with E-state index in [1.165, 1.54) is 5.01 Å². The van der Waals surface area contributed by atoms with E-state index in [4.69, 9.17) is 0 Å². The van der Waals surface area contributed by atoms with E-state index < -0.39 is 9.84 Å². The summed E-state index contributed by atoms with van der Waals surface area (Å²) in [5, 5.41) is 5.70. The maximum absolute atomic E-state index is 11.8.